The lowest BCUT2D eigenvalue weighted by Crippen LogP contribution is -2.26. The summed E-state index contributed by atoms with van der Waals surface area (Å²) in [7, 11) is 3.03. The summed E-state index contributed by atoms with van der Waals surface area (Å²) in [6.45, 7) is 1.75. The number of aliphatic hydroxyl groups is 1. The maximum Gasteiger partial charge on any atom is 0.241 e. The molecule has 1 fully saturated rings. The zero-order valence-electron chi connectivity index (χ0n) is 9.73. The van der Waals surface area contributed by atoms with Crippen molar-refractivity contribution in [2.24, 2.45) is 5.92 Å². The van der Waals surface area contributed by atoms with Gasteiger partial charge < -0.3 is 14.6 Å². The second kappa shape index (κ2) is 3.90. The molecule has 16 heavy (non-hydrogen) atoms. The van der Waals surface area contributed by atoms with E-state index in [1.807, 2.05) is 0 Å². The van der Waals surface area contributed by atoms with E-state index in [0.717, 1.165) is 12.8 Å². The molecule has 0 bridgehead atoms. The number of nitrogens with zero attached hydrogens (tertiary/aromatic N) is 2. The Bertz CT molecular complexity index is 389. The van der Waals surface area contributed by atoms with Gasteiger partial charge in [0.1, 0.15) is 11.3 Å². The van der Waals surface area contributed by atoms with E-state index in [2.05, 4.69) is 9.97 Å². The van der Waals surface area contributed by atoms with Gasteiger partial charge in [0.25, 0.3) is 0 Å². The summed E-state index contributed by atoms with van der Waals surface area (Å²) in [6.07, 6.45) is 3.53. The quantitative estimate of drug-likeness (QED) is 0.830. The van der Waals surface area contributed by atoms with Gasteiger partial charge in [0, 0.05) is 0 Å². The van der Waals surface area contributed by atoms with Crippen LogP contribution in [0.15, 0.2) is 6.20 Å². The summed E-state index contributed by atoms with van der Waals surface area (Å²) < 4.78 is 10.1. The number of ether oxygens (including phenoxy) is 2. The fourth-order valence-corrected chi connectivity index (χ4v) is 1.78. The molecule has 1 saturated carbocycles. The van der Waals surface area contributed by atoms with Gasteiger partial charge in [-0.2, -0.15) is 4.98 Å². The molecule has 0 aliphatic heterocycles. The van der Waals surface area contributed by atoms with E-state index in [-0.39, 0.29) is 5.92 Å². The van der Waals surface area contributed by atoms with Crippen molar-refractivity contribution in [1.82, 2.24) is 9.97 Å². The molecule has 1 aliphatic carbocycles. The third-order valence-corrected chi connectivity index (χ3v) is 2.97. The summed E-state index contributed by atoms with van der Waals surface area (Å²) in [5, 5.41) is 10.4. The highest BCUT2D eigenvalue weighted by Gasteiger charge is 2.44. The first-order valence-electron chi connectivity index (χ1n) is 5.27. The van der Waals surface area contributed by atoms with Crippen LogP contribution in [0.1, 0.15) is 25.5 Å². The Kier molecular flexibility index (Phi) is 2.71. The fourth-order valence-electron chi connectivity index (χ4n) is 1.78. The maximum absolute atomic E-state index is 10.4. The lowest BCUT2D eigenvalue weighted by Gasteiger charge is -2.23. The Morgan fingerprint density at radius 1 is 1.38 bits per heavy atom. The highest BCUT2D eigenvalue weighted by Crippen LogP contribution is 2.46. The smallest absolute Gasteiger partial charge is 0.241 e. The van der Waals surface area contributed by atoms with Crippen molar-refractivity contribution in [3.05, 3.63) is 11.9 Å². The van der Waals surface area contributed by atoms with Crippen LogP contribution in [-0.2, 0) is 5.60 Å². The minimum absolute atomic E-state index is 0.254. The Balaban J connectivity index is 2.39. The van der Waals surface area contributed by atoms with Crippen molar-refractivity contribution < 1.29 is 14.6 Å². The molecular weight excluding hydrogens is 208 g/mol. The van der Waals surface area contributed by atoms with Gasteiger partial charge in [-0.25, -0.2) is 4.98 Å². The molecule has 1 unspecified atom stereocenters. The molecular formula is C11H16N2O3. The molecule has 1 atom stereocenters. The van der Waals surface area contributed by atoms with E-state index in [9.17, 15) is 5.11 Å². The van der Waals surface area contributed by atoms with Crippen LogP contribution in [0.25, 0.3) is 0 Å². The topological polar surface area (TPSA) is 64.5 Å². The Morgan fingerprint density at radius 2 is 2.06 bits per heavy atom. The second-order valence-corrected chi connectivity index (χ2v) is 4.19. The third kappa shape index (κ3) is 1.82. The summed E-state index contributed by atoms with van der Waals surface area (Å²) in [5.74, 6) is 0.965. The number of hydrogen-bond acceptors (Lipinski definition) is 5. The van der Waals surface area contributed by atoms with Crippen molar-refractivity contribution in [3.8, 4) is 11.8 Å². The van der Waals surface area contributed by atoms with Crippen LogP contribution in [0.2, 0.25) is 0 Å². The highest BCUT2D eigenvalue weighted by atomic mass is 16.5. The monoisotopic (exact) mass is 224 g/mol. The molecule has 88 valence electrons. The van der Waals surface area contributed by atoms with Crippen LogP contribution < -0.4 is 9.47 Å². The van der Waals surface area contributed by atoms with E-state index >= 15 is 0 Å². The molecule has 5 heteroatoms. The van der Waals surface area contributed by atoms with Crippen molar-refractivity contribution in [2.75, 3.05) is 14.2 Å². The highest BCUT2D eigenvalue weighted by molar-refractivity contribution is 5.29. The molecule has 1 aromatic heterocycles. The number of aromatic nitrogens is 2. The lowest BCUT2D eigenvalue weighted by molar-refractivity contribution is 0.0252. The molecule has 1 N–H and O–H groups in total. The maximum atomic E-state index is 10.4. The fraction of sp³-hybridized carbons (Fsp3) is 0.636. The molecule has 0 amide bonds. The van der Waals surface area contributed by atoms with Crippen LogP contribution in [0, 0.1) is 5.92 Å². The minimum atomic E-state index is -0.968. The van der Waals surface area contributed by atoms with Gasteiger partial charge in [0.15, 0.2) is 0 Å². The van der Waals surface area contributed by atoms with E-state index in [1.54, 1.807) is 6.92 Å². The normalized spacial score (nSPS) is 19.0. The minimum Gasteiger partial charge on any atom is -0.480 e. The molecule has 5 nitrogen and oxygen atoms in total. The number of hydrogen-bond donors (Lipinski definition) is 1. The van der Waals surface area contributed by atoms with Gasteiger partial charge in [-0.15, -0.1) is 0 Å². The van der Waals surface area contributed by atoms with Crippen LogP contribution in [0.5, 0.6) is 11.8 Å². The van der Waals surface area contributed by atoms with Gasteiger partial charge in [-0.05, 0) is 25.7 Å². The average Bonchev–Trinajstić information content (AvgIpc) is 3.12. The van der Waals surface area contributed by atoms with Crippen LogP contribution in [0.3, 0.4) is 0 Å². The second-order valence-electron chi connectivity index (χ2n) is 4.19. The first kappa shape index (κ1) is 11.1. The van der Waals surface area contributed by atoms with Crippen molar-refractivity contribution in [2.45, 2.75) is 25.4 Å². The number of rotatable bonds is 4. The van der Waals surface area contributed by atoms with E-state index < -0.39 is 5.60 Å². The first-order chi connectivity index (χ1) is 7.59. The standard InChI is InChI=1S/C11H16N2O3/c1-11(14,7-4-5-7)9-10(16-3)13-8(15-2)6-12-9/h6-7,14H,4-5H2,1-3H3. The van der Waals surface area contributed by atoms with E-state index in [0.29, 0.717) is 17.5 Å². The summed E-state index contributed by atoms with van der Waals surface area (Å²) in [5.41, 5.74) is -0.483. The summed E-state index contributed by atoms with van der Waals surface area (Å²) in [6, 6.07) is 0. The zero-order chi connectivity index (χ0) is 11.8. The lowest BCUT2D eigenvalue weighted by atomic mass is 9.96. The molecule has 0 saturated heterocycles. The first-order valence-corrected chi connectivity index (χ1v) is 5.27. The van der Waals surface area contributed by atoms with Crippen LogP contribution in [0.4, 0.5) is 0 Å². The predicted molar refractivity (Wildman–Crippen MR) is 57.4 cm³/mol. The molecule has 1 heterocycles. The Hall–Kier alpha value is -1.36. The van der Waals surface area contributed by atoms with Crippen molar-refractivity contribution in [3.63, 3.8) is 0 Å². The van der Waals surface area contributed by atoms with Gasteiger partial charge >= 0.3 is 0 Å². The molecule has 0 aromatic carbocycles. The Labute approximate surface area is 94.4 Å². The van der Waals surface area contributed by atoms with Gasteiger partial charge in [0.2, 0.25) is 11.8 Å². The van der Waals surface area contributed by atoms with Crippen molar-refractivity contribution >= 4 is 0 Å². The molecule has 2 rings (SSSR count). The molecule has 0 spiro atoms. The number of methoxy groups -OCH3 is 2. The van der Waals surface area contributed by atoms with Crippen LogP contribution >= 0.6 is 0 Å². The molecule has 0 radical (unpaired) electrons. The summed E-state index contributed by atoms with van der Waals surface area (Å²) in [4.78, 5) is 8.31. The van der Waals surface area contributed by atoms with Crippen LogP contribution in [-0.4, -0.2) is 29.3 Å². The van der Waals surface area contributed by atoms with Gasteiger partial charge in [-0.1, -0.05) is 0 Å². The molecule has 1 aromatic rings. The zero-order valence-corrected chi connectivity index (χ0v) is 9.73. The third-order valence-electron chi connectivity index (χ3n) is 2.97. The van der Waals surface area contributed by atoms with Crippen molar-refractivity contribution in [1.29, 1.82) is 0 Å². The van der Waals surface area contributed by atoms with Gasteiger partial charge in [-0.3, -0.25) is 0 Å². The Morgan fingerprint density at radius 3 is 2.56 bits per heavy atom. The van der Waals surface area contributed by atoms with E-state index in [4.69, 9.17) is 9.47 Å². The van der Waals surface area contributed by atoms with Gasteiger partial charge in [0.05, 0.1) is 20.4 Å². The predicted octanol–water partition coefficient (Wildman–Crippen LogP) is 1.11. The average molecular weight is 224 g/mol. The van der Waals surface area contributed by atoms with E-state index in [1.165, 1.54) is 20.4 Å². The molecule has 1 aliphatic rings. The summed E-state index contributed by atoms with van der Waals surface area (Å²) >= 11 is 0. The largest absolute Gasteiger partial charge is 0.480 e. The SMILES string of the molecule is COc1cnc(C(C)(O)C2CC2)c(OC)n1.